The molecule has 0 aromatic heterocycles. The van der Waals surface area contributed by atoms with E-state index in [0.717, 1.165) is 51.6 Å². The number of aliphatic hydroxyl groups is 1. The Hall–Kier alpha value is -0.450. The second-order valence-electron chi connectivity index (χ2n) is 12.6. The van der Waals surface area contributed by atoms with Crippen LogP contribution in [0.25, 0.3) is 0 Å². The van der Waals surface area contributed by atoms with E-state index in [1.165, 1.54) is 19.3 Å². The van der Waals surface area contributed by atoms with Gasteiger partial charge in [-0.15, -0.1) is 0 Å². The van der Waals surface area contributed by atoms with Gasteiger partial charge in [0.1, 0.15) is 5.78 Å². The molecule has 0 bridgehead atoms. The molecule has 1 N–H and O–H groups in total. The highest BCUT2D eigenvalue weighted by atomic mass is 16.7. The summed E-state index contributed by atoms with van der Waals surface area (Å²) in [5.74, 6) is 3.29. The summed E-state index contributed by atoms with van der Waals surface area (Å²) in [6.45, 7) is 7.80. The van der Waals surface area contributed by atoms with E-state index < -0.39 is 5.79 Å². The minimum Gasteiger partial charge on any atom is -0.393 e. The van der Waals surface area contributed by atoms with E-state index in [-0.39, 0.29) is 23.0 Å². The molecule has 4 aliphatic carbocycles. The highest BCUT2D eigenvalue weighted by Gasteiger charge is 2.69. The third kappa shape index (κ3) is 2.59. The Labute approximate surface area is 181 Å². The molecule has 30 heavy (non-hydrogen) atoms. The van der Waals surface area contributed by atoms with Gasteiger partial charge in [-0.05, 0) is 80.0 Å². The van der Waals surface area contributed by atoms with Crippen LogP contribution in [0.5, 0.6) is 0 Å². The van der Waals surface area contributed by atoms with Gasteiger partial charge >= 0.3 is 0 Å². The molecule has 2 heterocycles. The van der Waals surface area contributed by atoms with Crippen LogP contribution in [0.15, 0.2) is 0 Å². The van der Waals surface area contributed by atoms with Gasteiger partial charge in [0, 0.05) is 30.6 Å². The van der Waals surface area contributed by atoms with Crippen LogP contribution >= 0.6 is 0 Å². The maximum absolute atomic E-state index is 13.9. The maximum Gasteiger partial charge on any atom is 0.169 e. The molecule has 4 nitrogen and oxygen atoms in total. The van der Waals surface area contributed by atoms with Crippen molar-refractivity contribution < 1.29 is 19.4 Å². The smallest absolute Gasteiger partial charge is 0.169 e. The Balaban J connectivity index is 1.27. The Morgan fingerprint density at radius 2 is 1.83 bits per heavy atom. The number of ketones is 1. The average Bonchev–Trinajstić information content (AvgIpc) is 3.20. The summed E-state index contributed by atoms with van der Waals surface area (Å²) < 4.78 is 13.0. The summed E-state index contributed by atoms with van der Waals surface area (Å²) in [7, 11) is 0. The largest absolute Gasteiger partial charge is 0.393 e. The molecule has 4 saturated carbocycles. The fraction of sp³-hybridized carbons (Fsp3) is 0.962. The topological polar surface area (TPSA) is 55.8 Å². The first-order valence-corrected chi connectivity index (χ1v) is 12.8. The van der Waals surface area contributed by atoms with Crippen molar-refractivity contribution in [2.75, 3.05) is 6.61 Å². The van der Waals surface area contributed by atoms with E-state index in [9.17, 15) is 9.90 Å². The van der Waals surface area contributed by atoms with Crippen molar-refractivity contribution in [3.8, 4) is 0 Å². The van der Waals surface area contributed by atoms with Crippen LogP contribution in [0.4, 0.5) is 0 Å². The Morgan fingerprint density at radius 3 is 2.60 bits per heavy atom. The number of hydrogen-bond acceptors (Lipinski definition) is 4. The lowest BCUT2D eigenvalue weighted by Gasteiger charge is -2.60. The first kappa shape index (κ1) is 20.2. The molecule has 4 heteroatoms. The Morgan fingerprint density at radius 1 is 1.00 bits per heavy atom. The number of ether oxygens (including phenoxy) is 2. The molecule has 0 amide bonds. The van der Waals surface area contributed by atoms with Crippen LogP contribution in [0.2, 0.25) is 0 Å². The van der Waals surface area contributed by atoms with E-state index >= 15 is 0 Å². The summed E-state index contributed by atoms with van der Waals surface area (Å²) in [4.78, 5) is 13.9. The lowest BCUT2D eigenvalue weighted by molar-refractivity contribution is -0.255. The van der Waals surface area contributed by atoms with Gasteiger partial charge in [0.25, 0.3) is 0 Å². The zero-order valence-corrected chi connectivity index (χ0v) is 19.1. The van der Waals surface area contributed by atoms with Crippen molar-refractivity contribution in [2.24, 2.45) is 46.3 Å². The predicted octanol–water partition coefficient (Wildman–Crippen LogP) is 4.73. The third-order valence-corrected chi connectivity index (χ3v) is 11.3. The van der Waals surface area contributed by atoms with E-state index in [2.05, 4.69) is 20.8 Å². The summed E-state index contributed by atoms with van der Waals surface area (Å²) in [5, 5.41) is 10.3. The molecule has 2 aliphatic heterocycles. The third-order valence-electron chi connectivity index (χ3n) is 11.3. The molecule has 0 aromatic carbocycles. The second kappa shape index (κ2) is 6.54. The normalized spacial score (nSPS) is 60.1. The van der Waals surface area contributed by atoms with Gasteiger partial charge in [-0.3, -0.25) is 4.79 Å². The zero-order chi connectivity index (χ0) is 20.9. The number of rotatable bonds is 0. The standard InChI is InChI=1S/C26H40O4/c1-15-6-9-26(29-14-15)13-21-22(30-26)11-20-18-5-4-16-10-17(27)7-8-24(16,2)19(18)12-23(28)25(20,21)3/h15-22,27H,4-14H2,1-3H3/t15-,16-,17-,18+,19-,20+,21-,22-,24+,25+,26+/m1/s1. The van der Waals surface area contributed by atoms with Gasteiger partial charge in [0.2, 0.25) is 0 Å². The SMILES string of the molecule is C[C@@H]1CC[C@]2(C[C@@H]3[C@@H](C[C@H]4[C@H]5CC[C@@H]6C[C@H](O)CC[C@]6(C)[C@@H]5CC(=O)[C@]34C)O2)OC1. The van der Waals surface area contributed by atoms with Crippen molar-refractivity contribution >= 4 is 5.78 Å². The summed E-state index contributed by atoms with van der Waals surface area (Å²) >= 11 is 0. The maximum atomic E-state index is 13.9. The number of carbonyl (C=O) groups is 1. The number of Topliss-reactive ketones (excluding diaryl/α,β-unsaturated/α-hetero) is 1. The van der Waals surface area contributed by atoms with Crippen LogP contribution in [-0.4, -0.2) is 35.5 Å². The molecule has 11 atom stereocenters. The fourth-order valence-electron chi connectivity index (χ4n) is 9.36. The second-order valence-corrected chi connectivity index (χ2v) is 12.6. The van der Waals surface area contributed by atoms with Gasteiger partial charge < -0.3 is 14.6 Å². The van der Waals surface area contributed by atoms with Crippen LogP contribution in [0.1, 0.15) is 85.0 Å². The number of aliphatic hydroxyl groups excluding tert-OH is 1. The monoisotopic (exact) mass is 416 g/mol. The minimum atomic E-state index is -0.407. The van der Waals surface area contributed by atoms with Crippen LogP contribution in [0.3, 0.4) is 0 Å². The van der Waals surface area contributed by atoms with Crippen molar-refractivity contribution in [3.05, 3.63) is 0 Å². The molecule has 0 radical (unpaired) electrons. The van der Waals surface area contributed by atoms with Crippen molar-refractivity contribution in [1.82, 2.24) is 0 Å². The molecule has 1 spiro atoms. The number of carbonyl (C=O) groups excluding carboxylic acids is 1. The molecular formula is C26H40O4. The van der Waals surface area contributed by atoms with Gasteiger partial charge in [0.05, 0.1) is 18.8 Å². The lowest BCUT2D eigenvalue weighted by Crippen LogP contribution is -2.57. The molecule has 6 fully saturated rings. The van der Waals surface area contributed by atoms with E-state index in [0.29, 0.717) is 41.3 Å². The average molecular weight is 417 g/mol. The molecule has 2 saturated heterocycles. The predicted molar refractivity (Wildman–Crippen MR) is 114 cm³/mol. The Bertz CT molecular complexity index is 727. The first-order valence-electron chi connectivity index (χ1n) is 12.8. The van der Waals surface area contributed by atoms with Crippen LogP contribution in [-0.2, 0) is 14.3 Å². The Kier molecular flexibility index (Phi) is 4.40. The summed E-state index contributed by atoms with van der Waals surface area (Å²) in [6.07, 6.45) is 10.4. The van der Waals surface area contributed by atoms with Gasteiger partial charge in [-0.2, -0.15) is 0 Å². The number of fused-ring (bicyclic) bond motifs is 7. The van der Waals surface area contributed by atoms with Crippen LogP contribution in [0, 0.1) is 46.3 Å². The lowest BCUT2D eigenvalue weighted by atomic mass is 9.44. The minimum absolute atomic E-state index is 0.127. The first-order chi connectivity index (χ1) is 14.3. The van der Waals surface area contributed by atoms with E-state index in [1.54, 1.807) is 0 Å². The fourth-order valence-corrected chi connectivity index (χ4v) is 9.36. The molecule has 0 aromatic rings. The molecule has 168 valence electrons. The highest BCUT2D eigenvalue weighted by molar-refractivity contribution is 5.87. The van der Waals surface area contributed by atoms with E-state index in [1.807, 2.05) is 0 Å². The quantitative estimate of drug-likeness (QED) is 0.620. The van der Waals surface area contributed by atoms with Gasteiger partial charge in [0.15, 0.2) is 5.79 Å². The van der Waals surface area contributed by atoms with E-state index in [4.69, 9.17) is 9.47 Å². The molecule has 6 aliphatic rings. The summed E-state index contributed by atoms with van der Waals surface area (Å²) in [5.41, 5.74) is 0.0146. The van der Waals surface area contributed by atoms with Crippen molar-refractivity contribution in [1.29, 1.82) is 0 Å². The highest BCUT2D eigenvalue weighted by Crippen LogP contribution is 2.69. The summed E-state index contributed by atoms with van der Waals surface area (Å²) in [6, 6.07) is 0. The zero-order valence-electron chi connectivity index (χ0n) is 19.1. The van der Waals surface area contributed by atoms with Gasteiger partial charge in [-0.25, -0.2) is 0 Å². The van der Waals surface area contributed by atoms with Gasteiger partial charge in [-0.1, -0.05) is 20.8 Å². The van der Waals surface area contributed by atoms with Crippen LogP contribution < -0.4 is 0 Å². The number of hydrogen-bond donors (Lipinski definition) is 1. The molecular weight excluding hydrogens is 376 g/mol. The molecule has 6 rings (SSSR count). The molecule has 0 unspecified atom stereocenters. The van der Waals surface area contributed by atoms with Crippen molar-refractivity contribution in [2.45, 2.75) is 103 Å². The van der Waals surface area contributed by atoms with Crippen molar-refractivity contribution in [3.63, 3.8) is 0 Å².